The fourth-order valence-electron chi connectivity index (χ4n) is 2.76. The van der Waals surface area contributed by atoms with Gasteiger partial charge in [-0.1, -0.05) is 24.6 Å². The largest absolute Gasteiger partial charge is 0.478 e. The standard InChI is InChI=1S/C18H17N3O6S2/c1-3-13-19-16-15(12(9-28-16)18(24)25)17(23)21(13)8-14(22)20-29(26,27)11-6-4-10(2)5-7-11/h4-7,9H,3,8H2,1-2H3,(H,20,22)(H,24,25). The Kier molecular flexibility index (Phi) is 5.53. The third-order valence-corrected chi connectivity index (χ3v) is 6.46. The van der Waals surface area contributed by atoms with E-state index < -0.39 is 34.0 Å². The molecule has 0 aliphatic rings. The number of nitrogens with zero attached hydrogens (tertiary/aromatic N) is 2. The maximum atomic E-state index is 12.8. The molecule has 1 aromatic carbocycles. The van der Waals surface area contributed by atoms with Crippen LogP contribution < -0.4 is 10.3 Å². The fraction of sp³-hybridized carbons (Fsp3) is 0.222. The van der Waals surface area contributed by atoms with Crippen LogP contribution in [0.1, 0.15) is 28.7 Å². The van der Waals surface area contributed by atoms with Crippen LogP contribution in [-0.4, -0.2) is 35.0 Å². The number of hydrogen-bond acceptors (Lipinski definition) is 7. The van der Waals surface area contributed by atoms with Crippen LogP contribution in [0.2, 0.25) is 0 Å². The maximum Gasteiger partial charge on any atom is 0.337 e. The molecular weight excluding hydrogens is 418 g/mol. The van der Waals surface area contributed by atoms with Crippen LogP contribution in [0, 0.1) is 6.92 Å². The number of carbonyl (C=O) groups is 2. The molecule has 0 bridgehead atoms. The Morgan fingerprint density at radius 3 is 2.48 bits per heavy atom. The zero-order valence-corrected chi connectivity index (χ0v) is 17.1. The number of carboxylic acids is 1. The van der Waals surface area contributed by atoms with Gasteiger partial charge in [-0.05, 0) is 19.1 Å². The van der Waals surface area contributed by atoms with Gasteiger partial charge in [-0.3, -0.25) is 14.2 Å². The smallest absolute Gasteiger partial charge is 0.337 e. The van der Waals surface area contributed by atoms with Crippen molar-refractivity contribution in [3.05, 3.63) is 57.0 Å². The Balaban J connectivity index is 1.96. The van der Waals surface area contributed by atoms with E-state index in [4.69, 9.17) is 0 Å². The maximum absolute atomic E-state index is 12.8. The molecule has 2 aromatic heterocycles. The number of benzene rings is 1. The summed E-state index contributed by atoms with van der Waals surface area (Å²) in [6.07, 6.45) is 0.295. The Morgan fingerprint density at radius 1 is 1.24 bits per heavy atom. The first kappa shape index (κ1) is 20.7. The third-order valence-electron chi connectivity index (χ3n) is 4.20. The summed E-state index contributed by atoms with van der Waals surface area (Å²) in [6, 6.07) is 5.93. The second kappa shape index (κ2) is 7.76. The van der Waals surface area contributed by atoms with Gasteiger partial charge in [0.25, 0.3) is 21.5 Å². The Morgan fingerprint density at radius 2 is 1.90 bits per heavy atom. The number of fused-ring (bicyclic) bond motifs is 1. The molecule has 3 aromatic rings. The lowest BCUT2D eigenvalue weighted by molar-refractivity contribution is -0.120. The van der Waals surface area contributed by atoms with Crippen LogP contribution in [-0.2, 0) is 27.8 Å². The van der Waals surface area contributed by atoms with Crippen LogP contribution in [0.4, 0.5) is 0 Å². The molecule has 2 heterocycles. The highest BCUT2D eigenvalue weighted by molar-refractivity contribution is 7.90. The first-order valence-corrected chi connectivity index (χ1v) is 10.9. The first-order valence-electron chi connectivity index (χ1n) is 8.50. The van der Waals surface area contributed by atoms with Crippen molar-refractivity contribution in [2.45, 2.75) is 31.7 Å². The summed E-state index contributed by atoms with van der Waals surface area (Å²) in [5.74, 6) is -1.96. The predicted molar refractivity (Wildman–Crippen MR) is 107 cm³/mol. The van der Waals surface area contributed by atoms with Crippen LogP contribution >= 0.6 is 11.3 Å². The summed E-state index contributed by atoms with van der Waals surface area (Å²) in [5, 5.41) is 10.5. The van der Waals surface area contributed by atoms with Gasteiger partial charge in [0.15, 0.2) is 0 Å². The first-order chi connectivity index (χ1) is 13.6. The minimum Gasteiger partial charge on any atom is -0.478 e. The molecule has 1 amide bonds. The van der Waals surface area contributed by atoms with Gasteiger partial charge in [0.1, 0.15) is 17.2 Å². The molecule has 2 N–H and O–H groups in total. The summed E-state index contributed by atoms with van der Waals surface area (Å²) < 4.78 is 27.7. The van der Waals surface area contributed by atoms with Crippen molar-refractivity contribution < 1.29 is 23.1 Å². The zero-order chi connectivity index (χ0) is 21.3. The van der Waals surface area contributed by atoms with E-state index in [1.54, 1.807) is 26.0 Å². The molecule has 11 heteroatoms. The Bertz CT molecular complexity index is 1270. The molecule has 0 aliphatic carbocycles. The summed E-state index contributed by atoms with van der Waals surface area (Å²) in [7, 11) is -4.11. The average molecular weight is 435 g/mol. The van der Waals surface area contributed by atoms with Crippen molar-refractivity contribution in [3.63, 3.8) is 0 Å². The van der Waals surface area contributed by atoms with Crippen molar-refractivity contribution in [3.8, 4) is 0 Å². The summed E-state index contributed by atoms with van der Waals surface area (Å²) in [4.78, 5) is 41.0. The van der Waals surface area contributed by atoms with Crippen molar-refractivity contribution >= 4 is 43.5 Å². The number of thiophene rings is 1. The van der Waals surface area contributed by atoms with Gasteiger partial charge in [-0.15, -0.1) is 11.3 Å². The monoisotopic (exact) mass is 435 g/mol. The summed E-state index contributed by atoms with van der Waals surface area (Å²) in [6.45, 7) is 2.91. The van der Waals surface area contributed by atoms with Gasteiger partial charge >= 0.3 is 5.97 Å². The van der Waals surface area contributed by atoms with Gasteiger partial charge < -0.3 is 5.11 Å². The highest BCUT2D eigenvalue weighted by Gasteiger charge is 2.22. The predicted octanol–water partition coefficient (Wildman–Crippen LogP) is 1.53. The molecule has 0 fully saturated rings. The molecular formula is C18H17N3O6S2. The van der Waals surface area contributed by atoms with Crippen LogP contribution in [0.3, 0.4) is 0 Å². The topological polar surface area (TPSA) is 135 Å². The quantitative estimate of drug-likeness (QED) is 0.599. The number of sulfonamides is 1. The second-order valence-corrected chi connectivity index (χ2v) is 8.79. The third kappa shape index (κ3) is 4.05. The number of rotatable bonds is 6. The van der Waals surface area contributed by atoms with E-state index >= 15 is 0 Å². The van der Waals surface area contributed by atoms with Crippen LogP contribution in [0.5, 0.6) is 0 Å². The normalized spacial score (nSPS) is 11.5. The molecule has 0 saturated carbocycles. The Labute approximate surface area is 169 Å². The number of carboxylic acid groups (broad SMARTS) is 1. The summed E-state index contributed by atoms with van der Waals surface area (Å²) in [5.41, 5.74) is -0.0428. The molecule has 0 atom stereocenters. The number of amides is 1. The molecule has 29 heavy (non-hydrogen) atoms. The van der Waals surface area contributed by atoms with E-state index in [-0.39, 0.29) is 26.5 Å². The lowest BCUT2D eigenvalue weighted by atomic mass is 10.2. The molecule has 152 valence electrons. The SMILES string of the molecule is CCc1nc2scc(C(=O)O)c2c(=O)n1CC(=O)NS(=O)(=O)c1ccc(C)cc1. The van der Waals surface area contributed by atoms with Crippen molar-refractivity contribution in [2.75, 3.05) is 0 Å². The number of aromatic carboxylic acids is 1. The second-order valence-electron chi connectivity index (χ2n) is 6.25. The number of aromatic nitrogens is 2. The number of nitrogens with one attached hydrogen (secondary N) is 1. The number of aryl methyl sites for hydroxylation is 2. The van der Waals surface area contributed by atoms with E-state index in [0.717, 1.165) is 21.5 Å². The van der Waals surface area contributed by atoms with Gasteiger partial charge in [-0.2, -0.15) is 0 Å². The molecule has 3 rings (SSSR count). The van der Waals surface area contributed by atoms with Crippen molar-refractivity contribution in [2.24, 2.45) is 0 Å². The highest BCUT2D eigenvalue weighted by Crippen LogP contribution is 2.22. The minimum absolute atomic E-state index is 0.0842. The average Bonchev–Trinajstić information content (AvgIpc) is 3.08. The molecule has 0 saturated heterocycles. The van der Waals surface area contributed by atoms with Gasteiger partial charge in [-0.25, -0.2) is 22.9 Å². The molecule has 0 unspecified atom stereocenters. The lowest BCUT2D eigenvalue weighted by Gasteiger charge is -2.12. The van der Waals surface area contributed by atoms with E-state index in [2.05, 4.69) is 4.98 Å². The fourth-order valence-corrected chi connectivity index (χ4v) is 4.66. The van der Waals surface area contributed by atoms with Gasteiger partial charge in [0.05, 0.1) is 15.8 Å². The summed E-state index contributed by atoms with van der Waals surface area (Å²) >= 11 is 1.02. The van der Waals surface area contributed by atoms with Gasteiger partial charge in [0.2, 0.25) is 0 Å². The minimum atomic E-state index is -4.11. The highest BCUT2D eigenvalue weighted by atomic mass is 32.2. The van der Waals surface area contributed by atoms with Crippen LogP contribution in [0.25, 0.3) is 10.2 Å². The van der Waals surface area contributed by atoms with E-state index in [9.17, 15) is 27.9 Å². The number of hydrogen-bond donors (Lipinski definition) is 2. The van der Waals surface area contributed by atoms with E-state index in [1.165, 1.54) is 17.5 Å². The molecule has 9 nitrogen and oxygen atoms in total. The Hall–Kier alpha value is -3.05. The number of carbonyl (C=O) groups excluding carboxylic acids is 1. The van der Waals surface area contributed by atoms with Crippen molar-refractivity contribution in [1.29, 1.82) is 0 Å². The van der Waals surface area contributed by atoms with Gasteiger partial charge in [0, 0.05) is 11.8 Å². The zero-order valence-electron chi connectivity index (χ0n) is 15.5. The molecule has 0 spiro atoms. The molecule has 0 radical (unpaired) electrons. The lowest BCUT2D eigenvalue weighted by Crippen LogP contribution is -2.37. The molecule has 0 aliphatic heterocycles. The van der Waals surface area contributed by atoms with E-state index in [1.807, 2.05) is 4.72 Å². The van der Waals surface area contributed by atoms with E-state index in [0.29, 0.717) is 6.42 Å². The van der Waals surface area contributed by atoms with Crippen LogP contribution in [0.15, 0.2) is 39.3 Å². The van der Waals surface area contributed by atoms with Crippen molar-refractivity contribution in [1.82, 2.24) is 14.3 Å².